The van der Waals surface area contributed by atoms with E-state index in [0.29, 0.717) is 6.04 Å². The lowest BCUT2D eigenvalue weighted by Gasteiger charge is -2.25. The quantitative estimate of drug-likeness (QED) is 0.484. The zero-order valence-corrected chi connectivity index (χ0v) is 19.5. The van der Waals surface area contributed by atoms with Crippen LogP contribution in [0.4, 0.5) is 0 Å². The summed E-state index contributed by atoms with van der Waals surface area (Å²) in [6, 6.07) is 11.2. The molecular formula is C23H35N5OS. The maximum atomic E-state index is 5.38. The van der Waals surface area contributed by atoms with Crippen LogP contribution < -0.4 is 5.32 Å². The van der Waals surface area contributed by atoms with Gasteiger partial charge in [-0.05, 0) is 38.8 Å². The number of guanidine groups is 1. The van der Waals surface area contributed by atoms with Gasteiger partial charge in [-0.15, -0.1) is 11.3 Å². The van der Waals surface area contributed by atoms with E-state index in [1.54, 1.807) is 18.4 Å². The minimum Gasteiger partial charge on any atom is -0.375 e. The van der Waals surface area contributed by atoms with Crippen LogP contribution in [-0.4, -0.2) is 60.6 Å². The van der Waals surface area contributed by atoms with Crippen LogP contribution in [0, 0.1) is 0 Å². The lowest BCUT2D eigenvalue weighted by molar-refractivity contribution is 0.119. The normalized spacial score (nSPS) is 18.5. The van der Waals surface area contributed by atoms with Crippen LogP contribution in [0.5, 0.6) is 0 Å². The zero-order chi connectivity index (χ0) is 21.3. The number of hydrogen-bond acceptors (Lipinski definition) is 5. The molecule has 0 saturated carbocycles. The summed E-state index contributed by atoms with van der Waals surface area (Å²) in [5.41, 5.74) is 2.43. The second-order valence-electron chi connectivity index (χ2n) is 7.86. The Balaban J connectivity index is 1.60. The van der Waals surface area contributed by atoms with Gasteiger partial charge in [-0.3, -0.25) is 9.89 Å². The maximum absolute atomic E-state index is 5.38. The summed E-state index contributed by atoms with van der Waals surface area (Å²) in [5.74, 6) is 0.943. The number of hydrogen-bond donors (Lipinski definition) is 1. The second-order valence-corrected chi connectivity index (χ2v) is 8.75. The summed E-state index contributed by atoms with van der Waals surface area (Å²) in [6.07, 6.45) is 2.50. The first-order chi connectivity index (χ1) is 14.6. The second kappa shape index (κ2) is 11.4. The molecular weight excluding hydrogens is 394 g/mol. The molecule has 1 fully saturated rings. The van der Waals surface area contributed by atoms with E-state index in [4.69, 9.17) is 14.7 Å². The first kappa shape index (κ1) is 22.7. The molecule has 1 saturated heterocycles. The molecule has 1 aliphatic heterocycles. The highest BCUT2D eigenvalue weighted by Crippen LogP contribution is 2.22. The van der Waals surface area contributed by atoms with Crippen LogP contribution in [0.25, 0.3) is 0 Å². The van der Waals surface area contributed by atoms with Crippen molar-refractivity contribution in [1.82, 2.24) is 20.1 Å². The summed E-state index contributed by atoms with van der Waals surface area (Å²) in [6.45, 7) is 8.71. The van der Waals surface area contributed by atoms with E-state index in [1.807, 2.05) is 6.92 Å². The third-order valence-corrected chi connectivity index (χ3v) is 6.60. The Morgan fingerprint density at radius 3 is 2.93 bits per heavy atom. The van der Waals surface area contributed by atoms with Crippen LogP contribution in [0.1, 0.15) is 49.1 Å². The van der Waals surface area contributed by atoms with Crippen molar-refractivity contribution in [3.05, 3.63) is 52.0 Å². The van der Waals surface area contributed by atoms with E-state index < -0.39 is 0 Å². The number of methoxy groups -OCH3 is 1. The van der Waals surface area contributed by atoms with Gasteiger partial charge in [0.15, 0.2) is 5.96 Å². The summed E-state index contributed by atoms with van der Waals surface area (Å²) >= 11 is 1.65. The Bertz CT molecular complexity index is 794. The highest BCUT2D eigenvalue weighted by molar-refractivity contribution is 7.09. The van der Waals surface area contributed by atoms with Crippen LogP contribution in [0.3, 0.4) is 0 Å². The molecule has 0 amide bonds. The topological polar surface area (TPSA) is 53.0 Å². The van der Waals surface area contributed by atoms with Gasteiger partial charge in [-0.2, -0.15) is 0 Å². The van der Waals surface area contributed by atoms with Crippen molar-refractivity contribution in [2.75, 3.05) is 33.8 Å². The van der Waals surface area contributed by atoms with Gasteiger partial charge in [-0.25, -0.2) is 4.98 Å². The van der Waals surface area contributed by atoms with Gasteiger partial charge in [0, 0.05) is 38.7 Å². The number of ether oxygens (including phenoxy) is 1. The lowest BCUT2D eigenvalue weighted by Crippen LogP contribution is -2.40. The highest BCUT2D eigenvalue weighted by atomic mass is 32.1. The molecule has 164 valence electrons. The van der Waals surface area contributed by atoms with Gasteiger partial charge in [0.05, 0.1) is 18.8 Å². The van der Waals surface area contributed by atoms with Gasteiger partial charge >= 0.3 is 0 Å². The molecule has 0 spiro atoms. The Kier molecular flexibility index (Phi) is 8.66. The Hall–Kier alpha value is -1.96. The molecule has 7 heteroatoms. The molecule has 0 radical (unpaired) electrons. The molecule has 1 aromatic heterocycles. The van der Waals surface area contributed by atoms with E-state index in [9.17, 15) is 0 Å². The first-order valence-electron chi connectivity index (χ1n) is 10.8. The van der Waals surface area contributed by atoms with E-state index in [2.05, 4.69) is 64.8 Å². The van der Waals surface area contributed by atoms with Gasteiger partial charge in [-0.1, -0.05) is 30.3 Å². The number of nitrogens with one attached hydrogen (secondary N) is 1. The first-order valence-corrected chi connectivity index (χ1v) is 11.7. The number of aromatic nitrogens is 1. The predicted molar refractivity (Wildman–Crippen MR) is 125 cm³/mol. The van der Waals surface area contributed by atoms with Gasteiger partial charge in [0.2, 0.25) is 0 Å². The van der Waals surface area contributed by atoms with E-state index in [1.165, 1.54) is 18.4 Å². The van der Waals surface area contributed by atoms with Gasteiger partial charge in [0.1, 0.15) is 11.1 Å². The average molecular weight is 430 g/mol. The van der Waals surface area contributed by atoms with Crippen molar-refractivity contribution in [2.45, 2.75) is 51.9 Å². The summed E-state index contributed by atoms with van der Waals surface area (Å²) in [5, 5.41) is 6.57. The number of benzene rings is 1. The summed E-state index contributed by atoms with van der Waals surface area (Å²) in [7, 11) is 3.80. The Labute approximate surface area is 185 Å². The third-order valence-electron chi connectivity index (χ3n) is 5.55. The summed E-state index contributed by atoms with van der Waals surface area (Å²) < 4.78 is 5.38. The summed E-state index contributed by atoms with van der Waals surface area (Å²) in [4.78, 5) is 14.4. The number of likely N-dealkylation sites (tertiary alicyclic amines) is 1. The molecule has 30 heavy (non-hydrogen) atoms. The fourth-order valence-electron chi connectivity index (χ4n) is 3.79. The van der Waals surface area contributed by atoms with Crippen molar-refractivity contribution in [1.29, 1.82) is 0 Å². The molecule has 0 aliphatic carbocycles. The molecule has 2 unspecified atom stereocenters. The maximum Gasteiger partial charge on any atom is 0.194 e. The molecule has 6 nitrogen and oxygen atoms in total. The Morgan fingerprint density at radius 2 is 2.20 bits per heavy atom. The minimum atomic E-state index is 0.0360. The van der Waals surface area contributed by atoms with Gasteiger partial charge in [0.25, 0.3) is 0 Å². The van der Waals surface area contributed by atoms with Gasteiger partial charge < -0.3 is 15.0 Å². The molecule has 2 aromatic rings. The van der Waals surface area contributed by atoms with E-state index in [-0.39, 0.29) is 6.10 Å². The number of thiazole rings is 1. The van der Waals surface area contributed by atoms with Crippen molar-refractivity contribution in [3.63, 3.8) is 0 Å². The highest BCUT2D eigenvalue weighted by Gasteiger charge is 2.24. The van der Waals surface area contributed by atoms with Crippen LogP contribution in [0.15, 0.2) is 40.7 Å². The number of rotatable bonds is 9. The molecule has 1 aliphatic rings. The van der Waals surface area contributed by atoms with E-state index in [0.717, 1.165) is 49.4 Å². The van der Waals surface area contributed by atoms with Crippen molar-refractivity contribution in [2.24, 2.45) is 4.99 Å². The van der Waals surface area contributed by atoms with Crippen LogP contribution in [-0.2, 0) is 17.8 Å². The van der Waals surface area contributed by atoms with Crippen molar-refractivity contribution >= 4 is 17.3 Å². The van der Waals surface area contributed by atoms with Crippen molar-refractivity contribution in [3.8, 4) is 0 Å². The molecule has 3 rings (SSSR count). The standard InChI is InChI=1S/C23H35N5OS/c1-5-24-23(27(3)16-20-17-30-22(26-20)18(2)29-4)25-14-21-12-9-13-28(21)15-19-10-7-6-8-11-19/h6-8,10-11,17-18,21H,5,9,12-16H2,1-4H3,(H,24,25). The fraction of sp³-hybridized carbons (Fsp3) is 0.565. The SMILES string of the molecule is CCNC(=NCC1CCCN1Cc1ccccc1)N(C)Cc1csc(C(C)OC)n1. The van der Waals surface area contributed by atoms with E-state index >= 15 is 0 Å². The zero-order valence-electron chi connectivity index (χ0n) is 18.7. The number of nitrogens with zero attached hydrogens (tertiary/aromatic N) is 4. The largest absolute Gasteiger partial charge is 0.375 e. The van der Waals surface area contributed by atoms with Crippen LogP contribution >= 0.6 is 11.3 Å². The fourth-order valence-corrected chi connectivity index (χ4v) is 4.63. The average Bonchev–Trinajstić information content (AvgIpc) is 3.40. The minimum absolute atomic E-state index is 0.0360. The monoisotopic (exact) mass is 429 g/mol. The van der Waals surface area contributed by atoms with Crippen LogP contribution in [0.2, 0.25) is 0 Å². The predicted octanol–water partition coefficient (Wildman–Crippen LogP) is 3.91. The third kappa shape index (κ3) is 6.27. The molecule has 0 bridgehead atoms. The number of aliphatic imine (C=N–C) groups is 1. The molecule has 2 heterocycles. The smallest absolute Gasteiger partial charge is 0.194 e. The van der Waals surface area contributed by atoms with Crippen molar-refractivity contribution < 1.29 is 4.74 Å². The molecule has 2 atom stereocenters. The lowest BCUT2D eigenvalue weighted by atomic mass is 10.2. The molecule has 1 aromatic carbocycles. The molecule has 1 N–H and O–H groups in total. The Morgan fingerprint density at radius 1 is 1.40 bits per heavy atom.